The van der Waals surface area contributed by atoms with Crippen molar-refractivity contribution in [2.75, 3.05) is 42.1 Å². The third-order valence-electron chi connectivity index (χ3n) is 7.65. The first-order valence-electron chi connectivity index (χ1n) is 13.6. The molecule has 2 aliphatic rings. The van der Waals surface area contributed by atoms with E-state index in [1.165, 1.54) is 30.8 Å². The lowest BCUT2D eigenvalue weighted by Gasteiger charge is -2.35. The fourth-order valence-corrected chi connectivity index (χ4v) is 5.61. The van der Waals surface area contributed by atoms with Crippen molar-refractivity contribution in [3.63, 3.8) is 0 Å². The number of pyridine rings is 1. The molecule has 0 radical (unpaired) electrons. The Kier molecular flexibility index (Phi) is 8.25. The molecule has 7 nitrogen and oxygen atoms in total. The lowest BCUT2D eigenvalue weighted by Crippen LogP contribution is -2.42. The fourth-order valence-electron chi connectivity index (χ4n) is 5.61. The molecule has 0 bridgehead atoms. The molecule has 2 aromatic heterocycles. The number of benzene rings is 1. The molecule has 220 valence electrons. The fraction of sp³-hybridized carbons (Fsp3) is 0.464. The Morgan fingerprint density at radius 2 is 1.63 bits per heavy atom. The SMILES string of the molecule is Nc1nc2c(c(Nc3ccc(C(F)(F)F)cc3)n1)CCN(c1ncccc1C(F)(F)F)C(CCN1CCCCC1)C2. The van der Waals surface area contributed by atoms with Gasteiger partial charge in [-0.1, -0.05) is 6.42 Å². The summed E-state index contributed by atoms with van der Waals surface area (Å²) in [6.45, 7) is 2.85. The number of likely N-dealkylation sites (tertiary alicyclic amines) is 1. The van der Waals surface area contributed by atoms with E-state index in [2.05, 4.69) is 25.2 Å². The van der Waals surface area contributed by atoms with E-state index < -0.39 is 23.5 Å². The number of hydrogen-bond donors (Lipinski definition) is 2. The summed E-state index contributed by atoms with van der Waals surface area (Å²) in [7, 11) is 0. The van der Waals surface area contributed by atoms with Gasteiger partial charge in [-0.2, -0.15) is 31.3 Å². The van der Waals surface area contributed by atoms with Crippen LogP contribution in [-0.4, -0.2) is 52.1 Å². The Balaban J connectivity index is 1.48. The van der Waals surface area contributed by atoms with Crippen molar-refractivity contribution in [3.8, 4) is 0 Å². The minimum absolute atomic E-state index is 0.0322. The van der Waals surface area contributed by atoms with Gasteiger partial charge >= 0.3 is 12.4 Å². The first-order valence-corrected chi connectivity index (χ1v) is 13.6. The van der Waals surface area contributed by atoms with Gasteiger partial charge in [0.25, 0.3) is 0 Å². The van der Waals surface area contributed by atoms with Crippen LogP contribution in [-0.2, 0) is 25.2 Å². The standard InChI is InChI=1S/C28H31F6N7/c29-27(30,31)18-6-8-19(9-7-18)37-24-21-11-16-41(25-22(28(32,33)34)5-4-12-36-25)20(17-23(21)38-26(35)39-24)10-15-40-13-2-1-3-14-40/h4-9,12,20H,1-3,10-11,13-17H2,(H3,35,37,38,39). The van der Waals surface area contributed by atoms with Crippen LogP contribution >= 0.6 is 0 Å². The molecule has 41 heavy (non-hydrogen) atoms. The molecule has 5 rings (SSSR count). The van der Waals surface area contributed by atoms with Crippen molar-refractivity contribution < 1.29 is 26.3 Å². The summed E-state index contributed by atoms with van der Waals surface area (Å²) in [6, 6.07) is 6.48. The predicted molar refractivity (Wildman–Crippen MR) is 144 cm³/mol. The van der Waals surface area contributed by atoms with Crippen LogP contribution in [0.5, 0.6) is 0 Å². The third-order valence-corrected chi connectivity index (χ3v) is 7.65. The maximum atomic E-state index is 14.0. The van der Waals surface area contributed by atoms with E-state index in [1.54, 1.807) is 4.90 Å². The molecule has 1 aromatic carbocycles. The number of hydrogen-bond acceptors (Lipinski definition) is 7. The molecule has 0 saturated carbocycles. The van der Waals surface area contributed by atoms with Crippen LogP contribution in [0.15, 0.2) is 42.6 Å². The number of piperidine rings is 1. The van der Waals surface area contributed by atoms with Crippen LogP contribution in [0.4, 0.5) is 49.6 Å². The highest BCUT2D eigenvalue weighted by Crippen LogP contribution is 2.38. The third kappa shape index (κ3) is 6.83. The lowest BCUT2D eigenvalue weighted by atomic mass is 10.0. The van der Waals surface area contributed by atoms with Gasteiger partial charge in [-0.3, -0.25) is 0 Å². The van der Waals surface area contributed by atoms with E-state index in [0.29, 0.717) is 35.6 Å². The molecule has 13 heteroatoms. The number of nitrogens with zero attached hydrogens (tertiary/aromatic N) is 5. The number of alkyl halides is 6. The van der Waals surface area contributed by atoms with Gasteiger partial charge in [0, 0.05) is 43.0 Å². The van der Waals surface area contributed by atoms with E-state index in [-0.39, 0.29) is 30.8 Å². The highest BCUT2D eigenvalue weighted by atomic mass is 19.4. The van der Waals surface area contributed by atoms with Crippen LogP contribution in [0.25, 0.3) is 0 Å². The van der Waals surface area contributed by atoms with E-state index >= 15 is 0 Å². The van der Waals surface area contributed by atoms with Gasteiger partial charge < -0.3 is 20.9 Å². The molecule has 0 spiro atoms. The first-order chi connectivity index (χ1) is 19.5. The highest BCUT2D eigenvalue weighted by molar-refractivity contribution is 5.63. The van der Waals surface area contributed by atoms with Crippen LogP contribution in [0, 0.1) is 0 Å². The second kappa shape index (κ2) is 11.7. The summed E-state index contributed by atoms with van der Waals surface area (Å²) in [4.78, 5) is 17.0. The number of fused-ring (bicyclic) bond motifs is 1. The zero-order chi connectivity index (χ0) is 29.2. The maximum absolute atomic E-state index is 14.0. The van der Waals surface area contributed by atoms with Crippen molar-refractivity contribution >= 4 is 23.3 Å². The predicted octanol–water partition coefficient (Wildman–Crippen LogP) is 6.08. The number of nitrogens with two attached hydrogens (primary N) is 1. The van der Waals surface area contributed by atoms with Crippen molar-refractivity contribution in [1.82, 2.24) is 19.9 Å². The van der Waals surface area contributed by atoms with Gasteiger partial charge in [0.15, 0.2) is 0 Å². The lowest BCUT2D eigenvalue weighted by molar-refractivity contribution is -0.138. The van der Waals surface area contributed by atoms with Crippen molar-refractivity contribution in [2.45, 2.75) is 56.9 Å². The summed E-state index contributed by atoms with van der Waals surface area (Å²) < 4.78 is 81.2. The van der Waals surface area contributed by atoms with Crippen molar-refractivity contribution in [1.29, 1.82) is 0 Å². The van der Waals surface area contributed by atoms with Crippen molar-refractivity contribution in [3.05, 3.63) is 65.0 Å². The molecule has 0 amide bonds. The van der Waals surface area contributed by atoms with Gasteiger partial charge in [-0.25, -0.2) is 9.97 Å². The second-order valence-corrected chi connectivity index (χ2v) is 10.4. The molecule has 2 aliphatic heterocycles. The minimum atomic E-state index is -4.58. The summed E-state index contributed by atoms with van der Waals surface area (Å²) in [5.41, 5.74) is 6.08. The molecular weight excluding hydrogens is 548 g/mol. The van der Waals surface area contributed by atoms with Gasteiger partial charge in [0.2, 0.25) is 5.95 Å². The molecule has 1 unspecified atom stereocenters. The Hall–Kier alpha value is -3.61. The molecule has 4 heterocycles. The molecular formula is C28H31F6N7. The summed E-state index contributed by atoms with van der Waals surface area (Å²) >= 11 is 0. The maximum Gasteiger partial charge on any atom is 0.419 e. The van der Waals surface area contributed by atoms with Crippen LogP contribution in [0.2, 0.25) is 0 Å². The molecule has 0 aliphatic carbocycles. The van der Waals surface area contributed by atoms with Crippen LogP contribution in [0.1, 0.15) is 48.1 Å². The largest absolute Gasteiger partial charge is 0.419 e. The molecule has 3 aromatic rings. The van der Waals surface area contributed by atoms with E-state index in [1.807, 2.05) is 0 Å². The average Bonchev–Trinajstić information content (AvgIpc) is 3.11. The summed E-state index contributed by atoms with van der Waals surface area (Å²) in [5.74, 6) is 0.158. The average molecular weight is 580 g/mol. The monoisotopic (exact) mass is 579 g/mol. The number of anilines is 4. The smallest absolute Gasteiger partial charge is 0.368 e. The highest BCUT2D eigenvalue weighted by Gasteiger charge is 2.38. The zero-order valence-corrected chi connectivity index (χ0v) is 22.3. The number of halogens is 6. The van der Waals surface area contributed by atoms with Crippen LogP contribution in [0.3, 0.4) is 0 Å². The summed E-state index contributed by atoms with van der Waals surface area (Å²) in [5, 5.41) is 3.05. The summed E-state index contributed by atoms with van der Waals surface area (Å²) in [6.07, 6.45) is -3.14. The van der Waals surface area contributed by atoms with Gasteiger partial charge in [-0.05, 0) is 75.2 Å². The molecule has 3 N–H and O–H groups in total. The number of nitrogen functional groups attached to an aromatic ring is 1. The van der Waals surface area contributed by atoms with Gasteiger partial charge in [0.1, 0.15) is 11.6 Å². The number of aromatic nitrogens is 3. The number of nitrogens with one attached hydrogen (secondary N) is 1. The molecule has 1 fully saturated rings. The normalized spacial score (nSPS) is 18.6. The van der Waals surface area contributed by atoms with E-state index in [0.717, 1.165) is 50.7 Å². The van der Waals surface area contributed by atoms with Gasteiger partial charge in [0.05, 0.1) is 16.8 Å². The topological polar surface area (TPSA) is 83.2 Å². The Morgan fingerprint density at radius 3 is 2.32 bits per heavy atom. The number of rotatable bonds is 6. The Morgan fingerprint density at radius 1 is 0.902 bits per heavy atom. The quantitative estimate of drug-likeness (QED) is 0.342. The minimum Gasteiger partial charge on any atom is -0.368 e. The molecule has 1 saturated heterocycles. The van der Waals surface area contributed by atoms with E-state index in [9.17, 15) is 26.3 Å². The van der Waals surface area contributed by atoms with Gasteiger partial charge in [-0.15, -0.1) is 0 Å². The van der Waals surface area contributed by atoms with E-state index in [4.69, 9.17) is 5.73 Å². The second-order valence-electron chi connectivity index (χ2n) is 10.4. The van der Waals surface area contributed by atoms with Crippen LogP contribution < -0.4 is 16.0 Å². The Labute approximate surface area is 233 Å². The van der Waals surface area contributed by atoms with Crippen molar-refractivity contribution in [2.24, 2.45) is 0 Å². The first kappa shape index (κ1) is 28.9. The zero-order valence-electron chi connectivity index (χ0n) is 22.3. The Bertz CT molecular complexity index is 1340. The molecule has 1 atom stereocenters.